The van der Waals surface area contributed by atoms with Crippen LogP contribution in [0.3, 0.4) is 0 Å². The van der Waals surface area contributed by atoms with Crippen molar-refractivity contribution in [3.63, 3.8) is 0 Å². The first-order valence-corrected chi connectivity index (χ1v) is 5.13. The van der Waals surface area contributed by atoms with Crippen molar-refractivity contribution in [3.8, 4) is 0 Å². The van der Waals surface area contributed by atoms with Gasteiger partial charge >= 0.3 is 0 Å². The van der Waals surface area contributed by atoms with Crippen molar-refractivity contribution >= 4 is 30.6 Å². The summed E-state index contributed by atoms with van der Waals surface area (Å²) in [6.45, 7) is 3.93. The average Bonchev–Trinajstić information content (AvgIpc) is 2.23. The van der Waals surface area contributed by atoms with Gasteiger partial charge in [0.1, 0.15) is 5.82 Å². The van der Waals surface area contributed by atoms with Crippen LogP contribution < -0.4 is 10.5 Å². The minimum absolute atomic E-state index is 0. The largest absolute Gasteiger partial charge is 0.354 e. The van der Waals surface area contributed by atoms with Gasteiger partial charge in [-0.05, 0) is 7.05 Å². The van der Waals surface area contributed by atoms with Crippen LogP contribution in [-0.4, -0.2) is 47.7 Å². The third-order valence-corrected chi connectivity index (χ3v) is 2.79. The molecule has 0 bridgehead atoms. The van der Waals surface area contributed by atoms with Crippen LogP contribution in [0.15, 0.2) is 17.2 Å². The van der Waals surface area contributed by atoms with Crippen molar-refractivity contribution < 1.29 is 0 Å². The molecule has 0 atom stereocenters. The van der Waals surface area contributed by atoms with Crippen LogP contribution in [0.4, 0.5) is 5.82 Å². The molecular weight excluding hydrogens is 263 g/mol. The molecule has 0 amide bonds. The van der Waals surface area contributed by atoms with Crippen LogP contribution in [0.2, 0.25) is 0 Å². The molecule has 1 fully saturated rings. The number of anilines is 1. The van der Waals surface area contributed by atoms with Crippen molar-refractivity contribution in [3.05, 3.63) is 22.7 Å². The highest BCUT2D eigenvalue weighted by Crippen LogP contribution is 2.09. The number of aryl methyl sites for hydroxylation is 1. The number of halogens is 2. The van der Waals surface area contributed by atoms with Crippen LogP contribution in [0.5, 0.6) is 0 Å². The molecular formula is C10H18Cl2N4O. The Labute approximate surface area is 113 Å². The molecule has 1 aromatic rings. The molecule has 1 saturated heterocycles. The van der Waals surface area contributed by atoms with Gasteiger partial charge < -0.3 is 14.4 Å². The summed E-state index contributed by atoms with van der Waals surface area (Å²) < 4.78 is 1.49. The van der Waals surface area contributed by atoms with Crippen LogP contribution in [-0.2, 0) is 7.05 Å². The summed E-state index contributed by atoms with van der Waals surface area (Å²) in [7, 11) is 3.82. The molecule has 17 heavy (non-hydrogen) atoms. The van der Waals surface area contributed by atoms with Gasteiger partial charge in [0.2, 0.25) is 0 Å². The Morgan fingerprint density at radius 3 is 2.24 bits per heavy atom. The molecule has 1 aliphatic rings. The van der Waals surface area contributed by atoms with E-state index >= 15 is 0 Å². The number of aromatic nitrogens is 2. The third-order valence-electron chi connectivity index (χ3n) is 2.79. The lowest BCUT2D eigenvalue weighted by Crippen LogP contribution is -2.45. The van der Waals surface area contributed by atoms with E-state index in [0.29, 0.717) is 0 Å². The lowest BCUT2D eigenvalue weighted by molar-refractivity contribution is 0.312. The Balaban J connectivity index is 0.00000128. The van der Waals surface area contributed by atoms with Crippen LogP contribution >= 0.6 is 24.8 Å². The summed E-state index contributed by atoms with van der Waals surface area (Å²) in [5.41, 5.74) is -0.000993. The monoisotopic (exact) mass is 280 g/mol. The Kier molecular flexibility index (Phi) is 6.52. The lowest BCUT2D eigenvalue weighted by Gasteiger charge is -2.33. The number of hydrogen-bond donors (Lipinski definition) is 0. The van der Waals surface area contributed by atoms with Crippen LogP contribution in [0, 0.1) is 0 Å². The number of hydrogen-bond acceptors (Lipinski definition) is 4. The van der Waals surface area contributed by atoms with Gasteiger partial charge in [-0.1, -0.05) is 0 Å². The number of piperazine rings is 1. The number of rotatable bonds is 1. The van der Waals surface area contributed by atoms with Gasteiger partial charge in [0, 0.05) is 39.3 Å². The van der Waals surface area contributed by atoms with Gasteiger partial charge in [-0.2, -0.15) is 0 Å². The molecule has 2 heterocycles. The van der Waals surface area contributed by atoms with E-state index in [0.717, 1.165) is 32.0 Å². The van der Waals surface area contributed by atoms with Crippen LogP contribution in [0.25, 0.3) is 0 Å². The first-order chi connectivity index (χ1) is 7.16. The van der Waals surface area contributed by atoms with E-state index in [4.69, 9.17) is 0 Å². The maximum absolute atomic E-state index is 11.4. The molecule has 1 aliphatic heterocycles. The van der Waals surface area contributed by atoms with Crippen molar-refractivity contribution in [2.75, 3.05) is 38.1 Å². The van der Waals surface area contributed by atoms with Gasteiger partial charge in [-0.25, -0.2) is 4.98 Å². The molecule has 0 radical (unpaired) electrons. The zero-order valence-electron chi connectivity index (χ0n) is 10.00. The van der Waals surface area contributed by atoms with E-state index in [1.54, 1.807) is 19.4 Å². The van der Waals surface area contributed by atoms with E-state index in [2.05, 4.69) is 21.8 Å². The second-order valence-electron chi connectivity index (χ2n) is 3.99. The minimum Gasteiger partial charge on any atom is -0.354 e. The third kappa shape index (κ3) is 3.87. The molecule has 0 N–H and O–H groups in total. The quantitative estimate of drug-likeness (QED) is 0.746. The first-order valence-electron chi connectivity index (χ1n) is 5.13. The fraction of sp³-hybridized carbons (Fsp3) is 0.600. The molecule has 0 spiro atoms. The fourth-order valence-electron chi connectivity index (χ4n) is 1.66. The van der Waals surface area contributed by atoms with E-state index in [1.807, 2.05) is 0 Å². The highest BCUT2D eigenvalue weighted by Gasteiger charge is 2.15. The molecule has 0 aromatic carbocycles. The second kappa shape index (κ2) is 6.83. The Hall–Kier alpha value is -0.780. The number of likely N-dealkylation sites (N-methyl/N-ethyl adjacent to an activating group) is 1. The highest BCUT2D eigenvalue weighted by atomic mass is 35.5. The maximum Gasteiger partial charge on any atom is 0.255 e. The fourth-order valence-corrected chi connectivity index (χ4v) is 1.66. The Bertz CT molecular complexity index is 402. The molecule has 2 rings (SSSR count). The minimum atomic E-state index is -0.000993. The smallest absolute Gasteiger partial charge is 0.255 e. The summed E-state index contributed by atoms with van der Waals surface area (Å²) in [5.74, 6) is 0.797. The normalized spacial score (nSPS) is 16.0. The summed E-state index contributed by atoms with van der Waals surface area (Å²) in [6, 6.07) is 1.60. The summed E-state index contributed by atoms with van der Waals surface area (Å²) >= 11 is 0. The highest BCUT2D eigenvalue weighted by molar-refractivity contribution is 5.85. The molecule has 0 saturated carbocycles. The van der Waals surface area contributed by atoms with Crippen molar-refractivity contribution in [2.45, 2.75) is 0 Å². The molecule has 0 aliphatic carbocycles. The van der Waals surface area contributed by atoms with E-state index < -0.39 is 0 Å². The zero-order valence-corrected chi connectivity index (χ0v) is 11.6. The van der Waals surface area contributed by atoms with E-state index in [-0.39, 0.29) is 30.4 Å². The van der Waals surface area contributed by atoms with Crippen LogP contribution in [0.1, 0.15) is 0 Å². The molecule has 0 unspecified atom stereocenters. The molecule has 7 heteroatoms. The van der Waals surface area contributed by atoms with Gasteiger partial charge in [-0.15, -0.1) is 24.8 Å². The first kappa shape index (κ1) is 16.2. The van der Waals surface area contributed by atoms with Crippen molar-refractivity contribution in [1.82, 2.24) is 14.5 Å². The van der Waals surface area contributed by atoms with Gasteiger partial charge in [0.25, 0.3) is 5.56 Å². The van der Waals surface area contributed by atoms with E-state index in [1.165, 1.54) is 4.57 Å². The lowest BCUT2D eigenvalue weighted by atomic mass is 10.3. The molecule has 98 valence electrons. The topological polar surface area (TPSA) is 41.4 Å². The average molecular weight is 281 g/mol. The van der Waals surface area contributed by atoms with Crippen molar-refractivity contribution in [1.29, 1.82) is 0 Å². The molecule has 1 aromatic heterocycles. The SMILES string of the molecule is CN1CCN(c2cc(=O)n(C)cn2)CC1.Cl.Cl. The van der Waals surface area contributed by atoms with Crippen molar-refractivity contribution in [2.24, 2.45) is 7.05 Å². The predicted molar refractivity (Wildman–Crippen MR) is 73.7 cm³/mol. The number of nitrogens with zero attached hydrogens (tertiary/aromatic N) is 4. The summed E-state index contributed by atoms with van der Waals surface area (Å²) in [5, 5.41) is 0. The maximum atomic E-state index is 11.4. The Morgan fingerprint density at radius 2 is 1.71 bits per heavy atom. The summed E-state index contributed by atoms with van der Waals surface area (Å²) in [4.78, 5) is 20.1. The zero-order chi connectivity index (χ0) is 10.8. The molecule has 5 nitrogen and oxygen atoms in total. The predicted octanol–water partition coefficient (Wildman–Crippen LogP) is 0.376. The van der Waals surface area contributed by atoms with Gasteiger partial charge in [0.15, 0.2) is 0 Å². The second-order valence-corrected chi connectivity index (χ2v) is 3.99. The summed E-state index contributed by atoms with van der Waals surface area (Å²) in [6.07, 6.45) is 1.58. The Morgan fingerprint density at radius 1 is 1.12 bits per heavy atom. The standard InChI is InChI=1S/C10H16N4O.2ClH/c1-12-3-5-14(6-4-12)9-7-10(15)13(2)8-11-9;;/h7-8H,3-6H2,1-2H3;2*1H. The van der Waals surface area contributed by atoms with E-state index in [9.17, 15) is 4.79 Å². The van der Waals surface area contributed by atoms with Gasteiger partial charge in [-0.3, -0.25) is 4.79 Å². The van der Waals surface area contributed by atoms with Gasteiger partial charge in [0.05, 0.1) is 6.33 Å².